The summed E-state index contributed by atoms with van der Waals surface area (Å²) in [5.74, 6) is -0.781. The summed E-state index contributed by atoms with van der Waals surface area (Å²) in [7, 11) is -3.63. The predicted octanol–water partition coefficient (Wildman–Crippen LogP) is 0.972. The number of carboxylic acid groups (broad SMARTS) is 1. The van der Waals surface area contributed by atoms with Gasteiger partial charge in [-0.25, -0.2) is 0 Å². The molecule has 1 fully saturated rings. The van der Waals surface area contributed by atoms with Crippen molar-refractivity contribution < 1.29 is 22.7 Å². The molecule has 0 aromatic carbocycles. The Bertz CT molecular complexity index is 546. The van der Waals surface area contributed by atoms with Crippen LogP contribution in [0, 0.1) is 5.92 Å². The van der Waals surface area contributed by atoms with Gasteiger partial charge in [0.05, 0.1) is 18.2 Å². The number of piperidine rings is 1. The molecule has 1 saturated heterocycles. The van der Waals surface area contributed by atoms with E-state index in [0.717, 1.165) is 0 Å². The summed E-state index contributed by atoms with van der Waals surface area (Å²) in [6.07, 6.45) is 2.16. The maximum absolute atomic E-state index is 12.2. The van der Waals surface area contributed by atoms with Crippen LogP contribution in [0.3, 0.4) is 0 Å². The molecule has 0 saturated carbocycles. The van der Waals surface area contributed by atoms with Gasteiger partial charge in [-0.15, -0.1) is 0 Å². The molecule has 0 aliphatic carbocycles. The van der Waals surface area contributed by atoms with Crippen LogP contribution in [0.15, 0.2) is 22.8 Å². The van der Waals surface area contributed by atoms with Crippen molar-refractivity contribution in [2.24, 2.45) is 5.92 Å². The van der Waals surface area contributed by atoms with Gasteiger partial charge in [0.2, 0.25) is 0 Å². The van der Waals surface area contributed by atoms with Crippen molar-refractivity contribution in [1.29, 1.82) is 0 Å². The Kier molecular flexibility index (Phi) is 4.46. The molecule has 2 rings (SSSR count). The van der Waals surface area contributed by atoms with Crippen LogP contribution in [0.2, 0.25) is 0 Å². The van der Waals surface area contributed by atoms with Gasteiger partial charge in [0.25, 0.3) is 10.2 Å². The average Bonchev–Trinajstić information content (AvgIpc) is 2.92. The topological polar surface area (TPSA) is 99.9 Å². The SMILES string of the molecule is CC(NS(=O)(=O)N1CCC(C(=O)O)CC1)c1ccco1. The molecule has 0 bridgehead atoms. The molecule has 1 aliphatic heterocycles. The van der Waals surface area contributed by atoms with E-state index in [1.54, 1.807) is 19.1 Å². The van der Waals surface area contributed by atoms with Crippen LogP contribution < -0.4 is 4.72 Å². The van der Waals surface area contributed by atoms with Crippen LogP contribution in [0.4, 0.5) is 0 Å². The first-order valence-corrected chi connectivity index (χ1v) is 7.88. The minimum absolute atomic E-state index is 0.219. The van der Waals surface area contributed by atoms with Crippen LogP contribution in [0.5, 0.6) is 0 Å². The molecule has 1 aromatic rings. The number of aliphatic carboxylic acids is 1. The van der Waals surface area contributed by atoms with Gasteiger partial charge in [0.1, 0.15) is 5.76 Å². The fourth-order valence-corrected chi connectivity index (χ4v) is 3.64. The summed E-state index contributed by atoms with van der Waals surface area (Å²) in [5.41, 5.74) is 0. The Morgan fingerprint density at radius 2 is 2.15 bits per heavy atom. The summed E-state index contributed by atoms with van der Waals surface area (Å²) >= 11 is 0. The molecule has 0 amide bonds. The zero-order valence-corrected chi connectivity index (χ0v) is 12.0. The first-order chi connectivity index (χ1) is 9.40. The average molecular weight is 302 g/mol. The van der Waals surface area contributed by atoms with Crippen molar-refractivity contribution in [3.05, 3.63) is 24.2 Å². The van der Waals surface area contributed by atoms with Crippen LogP contribution in [-0.4, -0.2) is 36.9 Å². The maximum atomic E-state index is 12.2. The molecule has 0 radical (unpaired) electrons. The summed E-state index contributed by atoms with van der Waals surface area (Å²) in [6, 6.07) is 2.93. The van der Waals surface area contributed by atoms with Crippen LogP contribution in [0.25, 0.3) is 0 Å². The number of hydrogen-bond acceptors (Lipinski definition) is 4. The summed E-state index contributed by atoms with van der Waals surface area (Å²) < 4.78 is 33.4. The van der Waals surface area contributed by atoms with E-state index >= 15 is 0 Å². The third-order valence-electron chi connectivity index (χ3n) is 3.44. The van der Waals surface area contributed by atoms with Gasteiger partial charge in [-0.1, -0.05) is 0 Å². The van der Waals surface area contributed by atoms with Crippen LogP contribution >= 0.6 is 0 Å². The lowest BCUT2D eigenvalue weighted by Gasteiger charge is -2.30. The number of hydrogen-bond donors (Lipinski definition) is 2. The van der Waals surface area contributed by atoms with Crippen molar-refractivity contribution in [1.82, 2.24) is 9.03 Å². The smallest absolute Gasteiger partial charge is 0.306 e. The van der Waals surface area contributed by atoms with Crippen molar-refractivity contribution in [2.75, 3.05) is 13.1 Å². The van der Waals surface area contributed by atoms with Crippen molar-refractivity contribution in [3.63, 3.8) is 0 Å². The third kappa shape index (κ3) is 3.38. The van der Waals surface area contributed by atoms with Crippen LogP contribution in [-0.2, 0) is 15.0 Å². The minimum atomic E-state index is -3.63. The standard InChI is InChI=1S/C12H18N2O5S/c1-9(11-3-2-8-19-11)13-20(17,18)14-6-4-10(5-7-14)12(15)16/h2-3,8-10,13H,4-7H2,1H3,(H,15,16). The number of nitrogens with zero attached hydrogens (tertiary/aromatic N) is 1. The zero-order chi connectivity index (χ0) is 14.8. The number of nitrogens with one attached hydrogen (secondary N) is 1. The first kappa shape index (κ1) is 15.0. The lowest BCUT2D eigenvalue weighted by Crippen LogP contribution is -2.46. The molecule has 112 valence electrons. The molecule has 8 heteroatoms. The van der Waals surface area contributed by atoms with Gasteiger partial charge in [0.15, 0.2) is 0 Å². The van der Waals surface area contributed by atoms with Gasteiger partial charge in [-0.2, -0.15) is 17.4 Å². The number of rotatable bonds is 5. The van der Waals surface area contributed by atoms with E-state index in [1.807, 2.05) is 0 Å². The van der Waals surface area contributed by atoms with E-state index in [-0.39, 0.29) is 13.1 Å². The van der Waals surface area contributed by atoms with Gasteiger partial charge < -0.3 is 9.52 Å². The van der Waals surface area contributed by atoms with Gasteiger partial charge >= 0.3 is 5.97 Å². The molecule has 1 atom stereocenters. The highest BCUT2D eigenvalue weighted by Gasteiger charge is 2.32. The fourth-order valence-electron chi connectivity index (χ4n) is 2.24. The number of carboxylic acids is 1. The number of furan rings is 1. The second-order valence-electron chi connectivity index (χ2n) is 4.87. The molecular weight excluding hydrogens is 284 g/mol. The zero-order valence-electron chi connectivity index (χ0n) is 11.2. The first-order valence-electron chi connectivity index (χ1n) is 6.44. The fraction of sp³-hybridized carbons (Fsp3) is 0.583. The Morgan fingerprint density at radius 3 is 2.65 bits per heavy atom. The Morgan fingerprint density at radius 1 is 1.50 bits per heavy atom. The molecule has 1 unspecified atom stereocenters. The van der Waals surface area contributed by atoms with Gasteiger partial charge in [-0.3, -0.25) is 4.79 Å². The van der Waals surface area contributed by atoms with Crippen molar-refractivity contribution >= 4 is 16.2 Å². The normalized spacial score (nSPS) is 19.9. The highest BCUT2D eigenvalue weighted by Crippen LogP contribution is 2.21. The maximum Gasteiger partial charge on any atom is 0.306 e. The molecule has 2 heterocycles. The largest absolute Gasteiger partial charge is 0.481 e. The number of carbonyl (C=O) groups is 1. The second kappa shape index (κ2) is 5.94. The Labute approximate surface area is 117 Å². The predicted molar refractivity (Wildman–Crippen MR) is 71.1 cm³/mol. The molecule has 7 nitrogen and oxygen atoms in total. The van der Waals surface area contributed by atoms with Gasteiger partial charge in [-0.05, 0) is 31.9 Å². The van der Waals surface area contributed by atoms with Crippen molar-refractivity contribution in [2.45, 2.75) is 25.8 Å². The van der Waals surface area contributed by atoms with Crippen LogP contribution in [0.1, 0.15) is 31.6 Å². The Hall–Kier alpha value is -1.38. The van der Waals surface area contributed by atoms with E-state index < -0.39 is 28.1 Å². The lowest BCUT2D eigenvalue weighted by atomic mass is 9.99. The molecule has 1 aliphatic rings. The lowest BCUT2D eigenvalue weighted by molar-refractivity contribution is -0.142. The summed E-state index contributed by atoms with van der Waals surface area (Å²) in [5, 5.41) is 8.90. The van der Waals surface area contributed by atoms with E-state index in [2.05, 4.69) is 4.72 Å². The van der Waals surface area contributed by atoms with Gasteiger partial charge in [0, 0.05) is 13.1 Å². The Balaban J connectivity index is 1.96. The third-order valence-corrected chi connectivity index (χ3v) is 5.14. The highest BCUT2D eigenvalue weighted by molar-refractivity contribution is 7.87. The second-order valence-corrected chi connectivity index (χ2v) is 6.57. The van der Waals surface area contributed by atoms with E-state index in [0.29, 0.717) is 18.6 Å². The summed E-state index contributed by atoms with van der Waals surface area (Å²) in [6.45, 7) is 2.13. The molecule has 0 spiro atoms. The molecule has 2 N–H and O–H groups in total. The van der Waals surface area contributed by atoms with E-state index in [1.165, 1.54) is 10.6 Å². The minimum Gasteiger partial charge on any atom is -0.481 e. The van der Waals surface area contributed by atoms with E-state index in [4.69, 9.17) is 9.52 Å². The molecule has 20 heavy (non-hydrogen) atoms. The quantitative estimate of drug-likeness (QED) is 0.844. The summed E-state index contributed by atoms with van der Waals surface area (Å²) in [4.78, 5) is 10.8. The van der Waals surface area contributed by atoms with E-state index in [9.17, 15) is 13.2 Å². The molecular formula is C12H18N2O5S. The monoisotopic (exact) mass is 302 g/mol. The van der Waals surface area contributed by atoms with Crippen molar-refractivity contribution in [3.8, 4) is 0 Å². The highest BCUT2D eigenvalue weighted by atomic mass is 32.2. The molecule has 1 aromatic heterocycles.